The Morgan fingerprint density at radius 1 is 0.889 bits per heavy atom. The van der Waals surface area contributed by atoms with Crippen LogP contribution in [0.25, 0.3) is 5.65 Å². The normalized spacial score (nSPS) is 12.0. The number of aromatic nitrogens is 2. The van der Waals surface area contributed by atoms with Gasteiger partial charge in [0.05, 0.1) is 18.8 Å². The summed E-state index contributed by atoms with van der Waals surface area (Å²) in [6, 6.07) is 31.9. The predicted molar refractivity (Wildman–Crippen MR) is 142 cm³/mol. The highest BCUT2D eigenvalue weighted by Gasteiger charge is 2.25. The molecular formula is C31H29N3O2. The van der Waals surface area contributed by atoms with E-state index in [0.29, 0.717) is 0 Å². The summed E-state index contributed by atoms with van der Waals surface area (Å²) in [5.74, 6) is 0.515. The molecule has 5 rings (SSSR count). The van der Waals surface area contributed by atoms with Gasteiger partial charge in [-0.1, -0.05) is 78.9 Å². The zero-order valence-corrected chi connectivity index (χ0v) is 20.5. The number of hydrogen-bond donors (Lipinski definition) is 1. The lowest BCUT2D eigenvalue weighted by molar-refractivity contribution is -0.121. The van der Waals surface area contributed by atoms with E-state index in [4.69, 9.17) is 4.74 Å². The molecule has 5 aromatic rings. The van der Waals surface area contributed by atoms with E-state index >= 15 is 0 Å². The number of ether oxygens (including phenoxy) is 1. The number of amides is 1. The number of hydrogen-bond acceptors (Lipinski definition) is 3. The lowest BCUT2D eigenvalue weighted by Gasteiger charge is -2.23. The molecule has 5 heteroatoms. The number of nitrogens with one attached hydrogen (secondary N) is 1. The largest absolute Gasteiger partial charge is 0.497 e. The van der Waals surface area contributed by atoms with Crippen LogP contribution in [-0.2, 0) is 4.79 Å². The molecule has 2 aromatic heterocycles. The van der Waals surface area contributed by atoms with Crippen molar-refractivity contribution in [3.8, 4) is 5.75 Å². The van der Waals surface area contributed by atoms with E-state index < -0.39 is 0 Å². The van der Waals surface area contributed by atoms with Crippen molar-refractivity contribution in [2.45, 2.75) is 25.3 Å². The third-order valence-corrected chi connectivity index (χ3v) is 6.57. The Labute approximate surface area is 211 Å². The van der Waals surface area contributed by atoms with Gasteiger partial charge in [0.15, 0.2) is 0 Å². The highest BCUT2D eigenvalue weighted by atomic mass is 16.5. The summed E-state index contributed by atoms with van der Waals surface area (Å²) >= 11 is 0. The van der Waals surface area contributed by atoms with E-state index in [1.807, 2.05) is 116 Å². The predicted octanol–water partition coefficient (Wildman–Crippen LogP) is 6.08. The molecular weight excluding hydrogens is 446 g/mol. The fourth-order valence-electron chi connectivity index (χ4n) is 4.74. The van der Waals surface area contributed by atoms with Crippen LogP contribution in [0.5, 0.6) is 5.75 Å². The van der Waals surface area contributed by atoms with E-state index in [2.05, 4.69) is 14.7 Å². The fraction of sp³-hybridized carbons (Fsp3) is 0.161. The van der Waals surface area contributed by atoms with Crippen LogP contribution in [0.4, 0.5) is 0 Å². The van der Waals surface area contributed by atoms with Crippen LogP contribution in [-0.4, -0.2) is 22.4 Å². The summed E-state index contributed by atoms with van der Waals surface area (Å²) in [6.45, 7) is 2.05. The van der Waals surface area contributed by atoms with Crippen molar-refractivity contribution < 1.29 is 9.53 Å². The first-order valence-corrected chi connectivity index (χ1v) is 12.1. The van der Waals surface area contributed by atoms with E-state index in [1.165, 1.54) is 0 Å². The van der Waals surface area contributed by atoms with E-state index in [-0.39, 0.29) is 24.3 Å². The maximum Gasteiger partial charge on any atom is 0.221 e. The number of aryl methyl sites for hydroxylation is 1. The van der Waals surface area contributed by atoms with Crippen LogP contribution in [0.1, 0.15) is 46.3 Å². The first-order chi connectivity index (χ1) is 17.6. The molecule has 0 radical (unpaired) electrons. The standard InChI is InChI=1S/C31H29N3O2/c1-22-11-10-18-34-28(21-32-31(22)34)27(25-16-9-17-26(19-25)36-2)20-29(35)33-30(23-12-5-3-6-13-23)24-14-7-4-8-15-24/h3-19,21,27,30H,20H2,1-2H3,(H,33,35). The van der Waals surface area contributed by atoms with Gasteiger partial charge in [-0.2, -0.15) is 0 Å². The van der Waals surface area contributed by atoms with Crippen molar-refractivity contribution >= 4 is 11.6 Å². The van der Waals surface area contributed by atoms with Gasteiger partial charge in [-0.15, -0.1) is 0 Å². The van der Waals surface area contributed by atoms with Crippen LogP contribution >= 0.6 is 0 Å². The Hall–Kier alpha value is -4.38. The van der Waals surface area contributed by atoms with Gasteiger partial charge in [0, 0.05) is 24.7 Å². The monoisotopic (exact) mass is 475 g/mol. The second-order valence-electron chi connectivity index (χ2n) is 8.92. The van der Waals surface area contributed by atoms with Crippen molar-refractivity contribution in [1.82, 2.24) is 14.7 Å². The number of methoxy groups -OCH3 is 1. The number of nitrogens with zero attached hydrogens (tertiary/aromatic N) is 2. The first kappa shape index (κ1) is 23.4. The number of carbonyl (C=O) groups is 1. The highest BCUT2D eigenvalue weighted by Crippen LogP contribution is 2.32. The summed E-state index contributed by atoms with van der Waals surface area (Å²) in [6.07, 6.45) is 4.16. The van der Waals surface area contributed by atoms with Crippen LogP contribution < -0.4 is 10.1 Å². The molecule has 1 N–H and O–H groups in total. The molecule has 0 saturated carbocycles. The molecule has 1 unspecified atom stereocenters. The third-order valence-electron chi connectivity index (χ3n) is 6.57. The van der Waals surface area contributed by atoms with Crippen LogP contribution in [0.2, 0.25) is 0 Å². The van der Waals surface area contributed by atoms with Crippen LogP contribution in [0.3, 0.4) is 0 Å². The van der Waals surface area contributed by atoms with Crippen molar-refractivity contribution in [1.29, 1.82) is 0 Å². The minimum atomic E-state index is -0.240. The van der Waals surface area contributed by atoms with Crippen molar-refractivity contribution in [2.24, 2.45) is 0 Å². The highest BCUT2D eigenvalue weighted by molar-refractivity contribution is 5.78. The average molecular weight is 476 g/mol. The lowest BCUT2D eigenvalue weighted by atomic mass is 9.91. The van der Waals surface area contributed by atoms with E-state index in [9.17, 15) is 4.79 Å². The maximum absolute atomic E-state index is 13.7. The maximum atomic E-state index is 13.7. The Morgan fingerprint density at radius 3 is 2.22 bits per heavy atom. The number of carbonyl (C=O) groups excluding carboxylic acids is 1. The average Bonchev–Trinajstić information content (AvgIpc) is 3.36. The Morgan fingerprint density at radius 2 is 1.56 bits per heavy atom. The molecule has 0 aliphatic heterocycles. The van der Waals surface area contributed by atoms with Gasteiger partial charge in [0.25, 0.3) is 0 Å². The molecule has 0 aliphatic carbocycles. The lowest BCUT2D eigenvalue weighted by Crippen LogP contribution is -2.30. The van der Waals surface area contributed by atoms with Gasteiger partial charge in [-0.05, 0) is 47.4 Å². The quantitative estimate of drug-likeness (QED) is 0.296. The van der Waals surface area contributed by atoms with Crippen molar-refractivity contribution in [2.75, 3.05) is 7.11 Å². The molecule has 0 fully saturated rings. The van der Waals surface area contributed by atoms with Crippen LogP contribution in [0, 0.1) is 6.92 Å². The zero-order chi connectivity index (χ0) is 24.9. The minimum absolute atomic E-state index is 0.0388. The number of fused-ring (bicyclic) bond motifs is 1. The Kier molecular flexibility index (Phi) is 6.80. The molecule has 0 saturated heterocycles. The topological polar surface area (TPSA) is 55.6 Å². The molecule has 0 bridgehead atoms. The van der Waals surface area contributed by atoms with Crippen LogP contribution in [0.15, 0.2) is 109 Å². The summed E-state index contributed by atoms with van der Waals surface area (Å²) in [4.78, 5) is 18.3. The summed E-state index contributed by atoms with van der Waals surface area (Å²) < 4.78 is 7.57. The van der Waals surface area contributed by atoms with E-state index in [1.54, 1.807) is 7.11 Å². The van der Waals surface area contributed by atoms with Crippen molar-refractivity contribution in [3.63, 3.8) is 0 Å². The molecule has 0 aliphatic rings. The molecule has 0 spiro atoms. The SMILES string of the molecule is COc1cccc(C(CC(=O)NC(c2ccccc2)c2ccccc2)c2cnc3c(C)cccn23)c1. The number of rotatable bonds is 8. The first-order valence-electron chi connectivity index (χ1n) is 12.1. The number of imidazole rings is 1. The summed E-state index contributed by atoms with van der Waals surface area (Å²) in [5, 5.41) is 3.30. The number of benzene rings is 3. The van der Waals surface area contributed by atoms with Gasteiger partial charge in [0.2, 0.25) is 5.91 Å². The molecule has 5 nitrogen and oxygen atoms in total. The third kappa shape index (κ3) is 4.86. The molecule has 2 heterocycles. The van der Waals surface area contributed by atoms with Gasteiger partial charge < -0.3 is 14.5 Å². The summed E-state index contributed by atoms with van der Waals surface area (Å²) in [7, 11) is 1.66. The van der Waals surface area contributed by atoms with Crippen molar-refractivity contribution in [3.05, 3.63) is 137 Å². The minimum Gasteiger partial charge on any atom is -0.497 e. The second kappa shape index (κ2) is 10.5. The molecule has 36 heavy (non-hydrogen) atoms. The Balaban J connectivity index is 1.51. The number of pyridine rings is 1. The second-order valence-corrected chi connectivity index (χ2v) is 8.92. The van der Waals surface area contributed by atoms with Gasteiger partial charge in [-0.3, -0.25) is 4.79 Å². The van der Waals surface area contributed by atoms with E-state index in [0.717, 1.165) is 39.3 Å². The van der Waals surface area contributed by atoms with Gasteiger partial charge in [0.1, 0.15) is 11.4 Å². The molecule has 1 amide bonds. The van der Waals surface area contributed by atoms with Gasteiger partial charge >= 0.3 is 0 Å². The molecule has 1 atom stereocenters. The smallest absolute Gasteiger partial charge is 0.221 e. The Bertz CT molecular complexity index is 1420. The fourth-order valence-corrected chi connectivity index (χ4v) is 4.74. The summed E-state index contributed by atoms with van der Waals surface area (Å²) in [5.41, 5.74) is 6.04. The molecule has 180 valence electrons. The molecule has 3 aromatic carbocycles. The van der Waals surface area contributed by atoms with Gasteiger partial charge in [-0.25, -0.2) is 4.98 Å². The zero-order valence-electron chi connectivity index (χ0n) is 20.5.